The van der Waals surface area contributed by atoms with Crippen LogP contribution < -0.4 is 5.73 Å². The molecule has 108 valence electrons. The van der Waals surface area contributed by atoms with E-state index in [1.54, 1.807) is 5.56 Å². The fourth-order valence-electron chi connectivity index (χ4n) is 6.35. The van der Waals surface area contributed by atoms with Crippen LogP contribution in [0.5, 0.6) is 0 Å². The third-order valence-corrected chi connectivity index (χ3v) is 6.50. The van der Waals surface area contributed by atoms with Crippen LogP contribution in [0.3, 0.4) is 0 Å². The molecule has 0 saturated heterocycles. The summed E-state index contributed by atoms with van der Waals surface area (Å²) in [4.78, 5) is 0. The minimum absolute atomic E-state index is 0.539. The molecule has 3 unspecified atom stereocenters. The summed E-state index contributed by atoms with van der Waals surface area (Å²) in [6.07, 6.45) is 8.65. The smallest absolute Gasteiger partial charge is 0.00718 e. The van der Waals surface area contributed by atoms with E-state index >= 15 is 0 Å². The maximum atomic E-state index is 6.02. The van der Waals surface area contributed by atoms with Crippen molar-refractivity contribution in [2.75, 3.05) is 6.54 Å². The zero-order valence-electron chi connectivity index (χ0n) is 12.6. The monoisotopic (exact) mass is 269 g/mol. The Hall–Kier alpha value is -0.820. The Morgan fingerprint density at radius 2 is 1.90 bits per heavy atom. The maximum absolute atomic E-state index is 6.02. The Balaban J connectivity index is 1.76. The molecule has 5 rings (SSSR count). The third-order valence-electron chi connectivity index (χ3n) is 6.50. The molecule has 2 N–H and O–H groups in total. The second kappa shape index (κ2) is 4.59. The lowest BCUT2D eigenvalue weighted by atomic mass is 9.43. The fraction of sp³-hybridized carbons (Fsp3) is 0.684. The largest absolute Gasteiger partial charge is 0.330 e. The van der Waals surface area contributed by atoms with Gasteiger partial charge in [-0.25, -0.2) is 0 Å². The molecule has 1 heteroatoms. The molecule has 4 bridgehead atoms. The van der Waals surface area contributed by atoms with Crippen LogP contribution in [0.2, 0.25) is 0 Å². The predicted octanol–water partition coefficient (Wildman–Crippen LogP) is 4.25. The summed E-state index contributed by atoms with van der Waals surface area (Å²) in [6, 6.07) is 9.32. The van der Waals surface area contributed by atoms with E-state index in [2.05, 4.69) is 31.2 Å². The lowest BCUT2D eigenvalue weighted by molar-refractivity contribution is -0.0786. The minimum Gasteiger partial charge on any atom is -0.330 e. The van der Waals surface area contributed by atoms with Crippen LogP contribution in [-0.4, -0.2) is 6.54 Å². The highest BCUT2D eigenvalue weighted by atomic mass is 14.6. The Kier molecular flexibility index (Phi) is 2.96. The van der Waals surface area contributed by atoms with Crippen LogP contribution in [0.1, 0.15) is 55.6 Å². The Labute approximate surface area is 122 Å². The molecule has 4 aliphatic carbocycles. The summed E-state index contributed by atoms with van der Waals surface area (Å²) >= 11 is 0. The Morgan fingerprint density at radius 1 is 1.15 bits per heavy atom. The normalized spacial score (nSPS) is 42.1. The van der Waals surface area contributed by atoms with E-state index in [1.165, 1.54) is 44.1 Å². The zero-order valence-corrected chi connectivity index (χ0v) is 12.6. The summed E-state index contributed by atoms with van der Waals surface area (Å²) < 4.78 is 0. The van der Waals surface area contributed by atoms with Crippen molar-refractivity contribution < 1.29 is 0 Å². The number of hydrogen-bond donors (Lipinski definition) is 1. The molecule has 20 heavy (non-hydrogen) atoms. The lowest BCUT2D eigenvalue weighted by Gasteiger charge is -2.62. The van der Waals surface area contributed by atoms with Crippen LogP contribution in [0.15, 0.2) is 24.3 Å². The Morgan fingerprint density at radius 3 is 2.55 bits per heavy atom. The topological polar surface area (TPSA) is 26.0 Å². The van der Waals surface area contributed by atoms with Gasteiger partial charge in [-0.15, -0.1) is 0 Å². The van der Waals surface area contributed by atoms with Crippen molar-refractivity contribution in [3.05, 3.63) is 35.4 Å². The molecule has 4 fully saturated rings. The molecule has 1 aromatic carbocycles. The van der Waals surface area contributed by atoms with Gasteiger partial charge in [-0.05, 0) is 86.6 Å². The van der Waals surface area contributed by atoms with Gasteiger partial charge in [0.05, 0.1) is 0 Å². The van der Waals surface area contributed by atoms with Gasteiger partial charge in [0.2, 0.25) is 0 Å². The first-order valence-electron chi connectivity index (χ1n) is 8.47. The van der Waals surface area contributed by atoms with Gasteiger partial charge in [0.25, 0.3) is 0 Å². The van der Waals surface area contributed by atoms with E-state index < -0.39 is 0 Å². The predicted molar refractivity (Wildman–Crippen MR) is 83.6 cm³/mol. The highest BCUT2D eigenvalue weighted by Crippen LogP contribution is 2.67. The number of aryl methyl sites for hydroxylation is 1. The van der Waals surface area contributed by atoms with Gasteiger partial charge in [0.15, 0.2) is 0 Å². The van der Waals surface area contributed by atoms with E-state index in [-0.39, 0.29) is 0 Å². The summed E-state index contributed by atoms with van der Waals surface area (Å²) in [6.45, 7) is 3.10. The molecule has 1 nitrogen and oxygen atoms in total. The van der Waals surface area contributed by atoms with E-state index in [0.29, 0.717) is 5.41 Å². The SMILES string of the molecule is Cc1cccc(C2C3CC4CC(C3)CC2(CCN)C4)c1. The Bertz CT molecular complexity index is 492. The minimum atomic E-state index is 0.539. The number of benzene rings is 1. The van der Waals surface area contributed by atoms with Gasteiger partial charge >= 0.3 is 0 Å². The maximum Gasteiger partial charge on any atom is -0.00718 e. The summed E-state index contributed by atoms with van der Waals surface area (Å²) in [5, 5.41) is 0. The van der Waals surface area contributed by atoms with Crippen molar-refractivity contribution in [3.63, 3.8) is 0 Å². The molecule has 0 radical (unpaired) electrons. The van der Waals surface area contributed by atoms with Crippen LogP contribution in [-0.2, 0) is 0 Å². The summed E-state index contributed by atoms with van der Waals surface area (Å²) in [5.41, 5.74) is 9.59. The molecule has 0 amide bonds. The standard InChI is InChI=1S/C19H27N/c1-13-3-2-4-16(7-13)18-17-9-14-8-15(10-17)12-19(18,11-14)5-6-20/h2-4,7,14-15,17-18H,5-6,8-12,20H2,1H3. The number of hydrogen-bond acceptors (Lipinski definition) is 1. The molecule has 0 aliphatic heterocycles. The van der Waals surface area contributed by atoms with Crippen LogP contribution in [0.25, 0.3) is 0 Å². The van der Waals surface area contributed by atoms with Crippen molar-refractivity contribution in [2.24, 2.45) is 28.9 Å². The summed E-state index contributed by atoms with van der Waals surface area (Å²) in [5.74, 6) is 3.76. The van der Waals surface area contributed by atoms with Gasteiger partial charge in [0.1, 0.15) is 0 Å². The first kappa shape index (κ1) is 12.9. The molecule has 4 saturated carbocycles. The van der Waals surface area contributed by atoms with Crippen LogP contribution >= 0.6 is 0 Å². The van der Waals surface area contributed by atoms with Gasteiger partial charge in [-0.1, -0.05) is 29.8 Å². The lowest BCUT2D eigenvalue weighted by Crippen LogP contribution is -2.52. The molecule has 3 atom stereocenters. The zero-order chi connectivity index (χ0) is 13.7. The first-order chi connectivity index (χ1) is 9.70. The second-order valence-electron chi connectivity index (χ2n) is 7.90. The average molecular weight is 269 g/mol. The van der Waals surface area contributed by atoms with E-state index in [4.69, 9.17) is 5.73 Å². The molecule has 0 aromatic heterocycles. The van der Waals surface area contributed by atoms with E-state index in [1.807, 2.05) is 0 Å². The van der Waals surface area contributed by atoms with Crippen molar-refractivity contribution >= 4 is 0 Å². The third kappa shape index (κ3) is 1.86. The first-order valence-corrected chi connectivity index (χ1v) is 8.47. The number of nitrogens with two attached hydrogens (primary N) is 1. The number of rotatable bonds is 3. The highest BCUT2D eigenvalue weighted by Gasteiger charge is 2.56. The van der Waals surface area contributed by atoms with E-state index in [9.17, 15) is 0 Å². The van der Waals surface area contributed by atoms with Gasteiger partial charge in [0, 0.05) is 0 Å². The van der Waals surface area contributed by atoms with E-state index in [0.717, 1.165) is 30.2 Å². The quantitative estimate of drug-likeness (QED) is 0.872. The van der Waals surface area contributed by atoms with Gasteiger partial charge in [-0.3, -0.25) is 0 Å². The van der Waals surface area contributed by atoms with Gasteiger partial charge in [-0.2, -0.15) is 0 Å². The van der Waals surface area contributed by atoms with Crippen molar-refractivity contribution in [1.82, 2.24) is 0 Å². The highest BCUT2D eigenvalue weighted by molar-refractivity contribution is 5.30. The molecule has 0 spiro atoms. The average Bonchev–Trinajstić information content (AvgIpc) is 2.37. The van der Waals surface area contributed by atoms with Crippen molar-refractivity contribution in [1.29, 1.82) is 0 Å². The fourth-order valence-corrected chi connectivity index (χ4v) is 6.35. The molecule has 1 aromatic rings. The molecular weight excluding hydrogens is 242 g/mol. The molecule has 0 heterocycles. The summed E-state index contributed by atoms with van der Waals surface area (Å²) in [7, 11) is 0. The van der Waals surface area contributed by atoms with Crippen molar-refractivity contribution in [3.8, 4) is 0 Å². The van der Waals surface area contributed by atoms with Crippen molar-refractivity contribution in [2.45, 2.75) is 51.4 Å². The van der Waals surface area contributed by atoms with Crippen LogP contribution in [0, 0.1) is 30.1 Å². The molecule has 4 aliphatic rings. The molecular formula is C19H27N. The van der Waals surface area contributed by atoms with Gasteiger partial charge < -0.3 is 5.73 Å². The van der Waals surface area contributed by atoms with Crippen LogP contribution in [0.4, 0.5) is 0 Å². The second-order valence-corrected chi connectivity index (χ2v) is 7.90.